The monoisotopic (exact) mass is 276 g/mol. The standard InChI is InChI=1S/C15H24N4O/c1-2-13(3-5-16-4-1)10-14-11-15(18-12-17-14)19-6-8-20-9-7-19/h11-13,16H,1-10H2. The van der Waals surface area contributed by atoms with Gasteiger partial charge in [-0.05, 0) is 44.7 Å². The smallest absolute Gasteiger partial charge is 0.132 e. The van der Waals surface area contributed by atoms with E-state index in [9.17, 15) is 0 Å². The number of rotatable bonds is 3. The number of nitrogens with zero attached hydrogens (tertiary/aromatic N) is 3. The van der Waals surface area contributed by atoms with Gasteiger partial charge in [-0.3, -0.25) is 0 Å². The Kier molecular flexibility index (Phi) is 4.82. The summed E-state index contributed by atoms with van der Waals surface area (Å²) in [6.45, 7) is 5.78. The van der Waals surface area contributed by atoms with Gasteiger partial charge in [0.2, 0.25) is 0 Å². The number of hydrogen-bond acceptors (Lipinski definition) is 5. The zero-order valence-corrected chi connectivity index (χ0v) is 12.1. The van der Waals surface area contributed by atoms with Crippen LogP contribution in [0.2, 0.25) is 0 Å². The highest BCUT2D eigenvalue weighted by atomic mass is 16.5. The molecule has 0 saturated carbocycles. The quantitative estimate of drug-likeness (QED) is 0.900. The minimum atomic E-state index is 0.762. The van der Waals surface area contributed by atoms with Crippen molar-refractivity contribution in [1.29, 1.82) is 0 Å². The van der Waals surface area contributed by atoms with Crippen LogP contribution in [0.1, 0.15) is 25.0 Å². The first-order valence-electron chi connectivity index (χ1n) is 7.76. The minimum absolute atomic E-state index is 0.762. The Hall–Kier alpha value is -1.20. The van der Waals surface area contributed by atoms with Crippen LogP contribution in [-0.4, -0.2) is 49.4 Å². The lowest BCUT2D eigenvalue weighted by Gasteiger charge is -2.28. The largest absolute Gasteiger partial charge is 0.378 e. The van der Waals surface area contributed by atoms with Gasteiger partial charge in [-0.1, -0.05) is 0 Å². The molecule has 3 rings (SSSR count). The average molecular weight is 276 g/mol. The lowest BCUT2D eigenvalue weighted by atomic mass is 9.95. The van der Waals surface area contributed by atoms with E-state index in [2.05, 4.69) is 26.3 Å². The SMILES string of the molecule is c1nc(CC2CCCNCC2)cc(N2CCOCC2)n1. The number of morpholine rings is 1. The van der Waals surface area contributed by atoms with Gasteiger partial charge < -0.3 is 15.0 Å². The lowest BCUT2D eigenvalue weighted by Crippen LogP contribution is -2.36. The van der Waals surface area contributed by atoms with Gasteiger partial charge in [0.05, 0.1) is 13.2 Å². The van der Waals surface area contributed by atoms with Gasteiger partial charge >= 0.3 is 0 Å². The molecule has 2 saturated heterocycles. The number of aromatic nitrogens is 2. The molecular weight excluding hydrogens is 252 g/mol. The molecule has 0 bridgehead atoms. The second-order valence-electron chi connectivity index (χ2n) is 5.72. The molecule has 1 aromatic heterocycles. The van der Waals surface area contributed by atoms with Gasteiger partial charge in [0.15, 0.2) is 0 Å². The van der Waals surface area contributed by atoms with Crippen molar-refractivity contribution in [2.24, 2.45) is 5.92 Å². The summed E-state index contributed by atoms with van der Waals surface area (Å²) in [5.41, 5.74) is 1.19. The molecule has 1 atom stereocenters. The Bertz CT molecular complexity index is 412. The third kappa shape index (κ3) is 3.67. The third-order valence-corrected chi connectivity index (χ3v) is 4.24. The first-order valence-corrected chi connectivity index (χ1v) is 7.76. The molecule has 1 aromatic rings. The van der Waals surface area contributed by atoms with E-state index in [0.717, 1.165) is 51.0 Å². The summed E-state index contributed by atoms with van der Waals surface area (Å²) in [6, 6.07) is 2.17. The fourth-order valence-corrected chi connectivity index (χ4v) is 3.05. The average Bonchev–Trinajstić information content (AvgIpc) is 2.77. The highest BCUT2D eigenvalue weighted by molar-refractivity contribution is 5.39. The maximum absolute atomic E-state index is 5.39. The molecule has 2 aliphatic heterocycles. The first kappa shape index (κ1) is 13.8. The van der Waals surface area contributed by atoms with Crippen LogP contribution in [0.5, 0.6) is 0 Å². The molecule has 2 aliphatic rings. The van der Waals surface area contributed by atoms with Gasteiger partial charge in [-0.2, -0.15) is 0 Å². The van der Waals surface area contributed by atoms with Crippen molar-refractivity contribution >= 4 is 5.82 Å². The van der Waals surface area contributed by atoms with Crippen LogP contribution in [-0.2, 0) is 11.2 Å². The van der Waals surface area contributed by atoms with Crippen molar-refractivity contribution in [3.05, 3.63) is 18.1 Å². The van der Waals surface area contributed by atoms with E-state index >= 15 is 0 Å². The predicted molar refractivity (Wildman–Crippen MR) is 79.0 cm³/mol. The summed E-state index contributed by atoms with van der Waals surface area (Å²) in [6.07, 6.45) is 6.66. The number of nitrogens with one attached hydrogen (secondary N) is 1. The van der Waals surface area contributed by atoms with E-state index in [1.54, 1.807) is 6.33 Å². The highest BCUT2D eigenvalue weighted by Crippen LogP contribution is 2.20. The van der Waals surface area contributed by atoms with Crippen LogP contribution in [0, 0.1) is 5.92 Å². The third-order valence-electron chi connectivity index (χ3n) is 4.24. The molecular formula is C15H24N4O. The fraction of sp³-hybridized carbons (Fsp3) is 0.733. The van der Waals surface area contributed by atoms with Gasteiger partial charge in [-0.15, -0.1) is 0 Å². The van der Waals surface area contributed by atoms with Crippen molar-refractivity contribution in [2.45, 2.75) is 25.7 Å². The minimum Gasteiger partial charge on any atom is -0.378 e. The molecule has 0 aromatic carbocycles. The van der Waals surface area contributed by atoms with Crippen molar-refractivity contribution in [3.63, 3.8) is 0 Å². The van der Waals surface area contributed by atoms with Gasteiger partial charge in [-0.25, -0.2) is 9.97 Å². The molecule has 110 valence electrons. The number of hydrogen-bond donors (Lipinski definition) is 1. The molecule has 2 fully saturated rings. The fourth-order valence-electron chi connectivity index (χ4n) is 3.05. The van der Waals surface area contributed by atoms with Gasteiger partial charge in [0.1, 0.15) is 12.1 Å². The summed E-state index contributed by atoms with van der Waals surface area (Å²) in [5.74, 6) is 1.82. The molecule has 3 heterocycles. The molecule has 1 unspecified atom stereocenters. The Morgan fingerprint density at radius 3 is 3.00 bits per heavy atom. The molecule has 5 heteroatoms. The summed E-state index contributed by atoms with van der Waals surface area (Å²) in [7, 11) is 0. The summed E-state index contributed by atoms with van der Waals surface area (Å²) in [4.78, 5) is 11.2. The van der Waals surface area contributed by atoms with Crippen LogP contribution in [0.15, 0.2) is 12.4 Å². The van der Waals surface area contributed by atoms with Crippen LogP contribution in [0.3, 0.4) is 0 Å². The molecule has 20 heavy (non-hydrogen) atoms. The molecule has 5 nitrogen and oxygen atoms in total. The topological polar surface area (TPSA) is 50.3 Å². The van der Waals surface area contributed by atoms with Gasteiger partial charge in [0, 0.05) is 24.8 Å². The van der Waals surface area contributed by atoms with E-state index in [0.29, 0.717) is 0 Å². The molecule has 0 aliphatic carbocycles. The normalized spacial score (nSPS) is 24.4. The Morgan fingerprint density at radius 1 is 1.20 bits per heavy atom. The van der Waals surface area contributed by atoms with E-state index in [1.807, 2.05) is 0 Å². The predicted octanol–water partition coefficient (Wildman–Crippen LogP) is 1.25. The summed E-state index contributed by atoms with van der Waals surface area (Å²) < 4.78 is 5.39. The second kappa shape index (κ2) is 6.99. The van der Waals surface area contributed by atoms with Crippen LogP contribution in [0.4, 0.5) is 5.82 Å². The lowest BCUT2D eigenvalue weighted by molar-refractivity contribution is 0.122. The zero-order valence-electron chi connectivity index (χ0n) is 12.1. The van der Waals surface area contributed by atoms with Crippen molar-refractivity contribution in [3.8, 4) is 0 Å². The van der Waals surface area contributed by atoms with Crippen LogP contribution in [0.25, 0.3) is 0 Å². The Balaban J connectivity index is 1.64. The first-order chi connectivity index (χ1) is 9.92. The molecule has 0 amide bonds. The van der Waals surface area contributed by atoms with E-state index in [4.69, 9.17) is 4.74 Å². The molecule has 0 radical (unpaired) electrons. The summed E-state index contributed by atoms with van der Waals surface area (Å²) >= 11 is 0. The second-order valence-corrected chi connectivity index (χ2v) is 5.72. The van der Waals surface area contributed by atoms with Crippen molar-refractivity contribution in [2.75, 3.05) is 44.3 Å². The van der Waals surface area contributed by atoms with E-state index in [1.165, 1.54) is 31.5 Å². The maximum atomic E-state index is 5.39. The summed E-state index contributed by atoms with van der Waals surface area (Å²) in [5, 5.41) is 3.47. The Morgan fingerprint density at radius 2 is 2.10 bits per heavy atom. The zero-order chi connectivity index (χ0) is 13.6. The Labute approximate surface area is 120 Å². The van der Waals surface area contributed by atoms with Crippen molar-refractivity contribution in [1.82, 2.24) is 15.3 Å². The molecule has 0 spiro atoms. The number of anilines is 1. The maximum Gasteiger partial charge on any atom is 0.132 e. The highest BCUT2D eigenvalue weighted by Gasteiger charge is 2.16. The van der Waals surface area contributed by atoms with Crippen LogP contribution >= 0.6 is 0 Å². The van der Waals surface area contributed by atoms with E-state index < -0.39 is 0 Å². The van der Waals surface area contributed by atoms with E-state index in [-0.39, 0.29) is 0 Å². The van der Waals surface area contributed by atoms with Crippen molar-refractivity contribution < 1.29 is 4.74 Å². The van der Waals surface area contributed by atoms with Gasteiger partial charge in [0.25, 0.3) is 0 Å². The molecule has 1 N–H and O–H groups in total. The van der Waals surface area contributed by atoms with Crippen LogP contribution < -0.4 is 10.2 Å². The number of ether oxygens (including phenoxy) is 1.